The van der Waals surface area contributed by atoms with Crippen LogP contribution in [0, 0.1) is 0 Å². The highest BCUT2D eigenvalue weighted by atomic mass is 16.4. The molecule has 0 amide bonds. The average molecular weight is 381 g/mol. The van der Waals surface area contributed by atoms with Gasteiger partial charge in [0.05, 0.1) is 0 Å². The van der Waals surface area contributed by atoms with E-state index in [2.05, 4.69) is 73.4 Å². The first kappa shape index (κ1) is 18.2. The van der Waals surface area contributed by atoms with E-state index < -0.39 is 7.12 Å². The molecule has 2 N–H and O–H groups in total. The minimum Gasteiger partial charge on any atom is -0.423 e. The number of aryl methyl sites for hydroxylation is 1. The van der Waals surface area contributed by atoms with E-state index in [0.29, 0.717) is 5.46 Å². The lowest BCUT2D eigenvalue weighted by Gasteiger charge is -2.43. The van der Waals surface area contributed by atoms with E-state index in [0.717, 1.165) is 24.1 Å². The Balaban J connectivity index is 1.75. The molecule has 0 radical (unpaired) electrons. The number of benzene rings is 3. The van der Waals surface area contributed by atoms with Crippen molar-refractivity contribution in [3.8, 4) is 0 Å². The van der Waals surface area contributed by atoms with Gasteiger partial charge < -0.3 is 14.9 Å². The van der Waals surface area contributed by atoms with Crippen LogP contribution < -0.4 is 10.4 Å². The van der Waals surface area contributed by atoms with Gasteiger partial charge in [-0.3, -0.25) is 0 Å². The Labute approximate surface area is 172 Å². The van der Waals surface area contributed by atoms with Crippen molar-refractivity contribution in [1.82, 2.24) is 0 Å². The van der Waals surface area contributed by atoms with E-state index in [1.807, 2.05) is 18.2 Å². The third-order valence-electron chi connectivity index (χ3n) is 6.37. The van der Waals surface area contributed by atoms with Gasteiger partial charge in [0, 0.05) is 22.5 Å². The maximum absolute atomic E-state index is 9.75. The molecule has 3 nitrogen and oxygen atoms in total. The van der Waals surface area contributed by atoms with Crippen LogP contribution in [0.3, 0.4) is 0 Å². The molecule has 0 bridgehead atoms. The van der Waals surface area contributed by atoms with E-state index in [1.54, 1.807) is 0 Å². The monoisotopic (exact) mass is 381 g/mol. The van der Waals surface area contributed by atoms with Crippen molar-refractivity contribution in [3.05, 3.63) is 94.7 Å². The van der Waals surface area contributed by atoms with Gasteiger partial charge in [0.1, 0.15) is 0 Å². The fraction of sp³-hybridized carbons (Fsp3) is 0.200. The van der Waals surface area contributed by atoms with Gasteiger partial charge in [0.25, 0.3) is 0 Å². The number of fused-ring (bicyclic) bond motifs is 3. The third-order valence-corrected chi connectivity index (χ3v) is 6.37. The molecule has 2 aliphatic rings. The molecular weight excluding hydrogens is 357 g/mol. The van der Waals surface area contributed by atoms with E-state index >= 15 is 0 Å². The van der Waals surface area contributed by atoms with E-state index in [-0.39, 0.29) is 5.41 Å². The Kier molecular flexibility index (Phi) is 4.16. The lowest BCUT2D eigenvalue weighted by Crippen LogP contribution is -2.37. The fourth-order valence-corrected chi connectivity index (χ4v) is 4.78. The maximum atomic E-state index is 9.75. The number of hydrogen-bond acceptors (Lipinski definition) is 3. The van der Waals surface area contributed by atoms with E-state index in [9.17, 15) is 10.0 Å². The molecule has 4 heteroatoms. The second-order valence-corrected chi connectivity index (χ2v) is 8.46. The second-order valence-electron chi connectivity index (χ2n) is 8.46. The van der Waals surface area contributed by atoms with Crippen molar-refractivity contribution in [2.75, 3.05) is 4.90 Å². The Morgan fingerprint density at radius 2 is 1.55 bits per heavy atom. The largest absolute Gasteiger partial charge is 0.488 e. The highest BCUT2D eigenvalue weighted by molar-refractivity contribution is 6.58. The summed E-state index contributed by atoms with van der Waals surface area (Å²) in [5.41, 5.74) is 8.90. The minimum atomic E-state index is -1.47. The van der Waals surface area contributed by atoms with Crippen LogP contribution in [0.15, 0.2) is 72.4 Å². The quantitative estimate of drug-likeness (QED) is 0.656. The number of rotatable bonds is 2. The molecule has 0 spiro atoms. The summed E-state index contributed by atoms with van der Waals surface area (Å²) in [5, 5.41) is 19.5. The summed E-state index contributed by atoms with van der Waals surface area (Å²) in [6.07, 6.45) is 4.29. The molecule has 1 aliphatic carbocycles. The van der Waals surface area contributed by atoms with Crippen molar-refractivity contribution >= 4 is 30.0 Å². The van der Waals surface area contributed by atoms with Gasteiger partial charge in [0.2, 0.25) is 0 Å². The van der Waals surface area contributed by atoms with Crippen LogP contribution in [0.4, 0.5) is 11.4 Å². The summed E-state index contributed by atoms with van der Waals surface area (Å²) in [4.78, 5) is 2.36. The lowest BCUT2D eigenvalue weighted by atomic mass is 9.70. The van der Waals surface area contributed by atoms with Crippen molar-refractivity contribution < 1.29 is 10.0 Å². The van der Waals surface area contributed by atoms with Crippen LogP contribution in [-0.4, -0.2) is 17.2 Å². The number of allylic oxidation sites excluding steroid dienone is 1. The van der Waals surface area contributed by atoms with Gasteiger partial charge in [-0.1, -0.05) is 68.4 Å². The molecule has 0 saturated carbocycles. The van der Waals surface area contributed by atoms with Gasteiger partial charge in [-0.2, -0.15) is 0 Å². The first-order valence-corrected chi connectivity index (χ1v) is 10.2. The van der Waals surface area contributed by atoms with Crippen molar-refractivity contribution in [3.63, 3.8) is 0 Å². The number of para-hydroxylation sites is 1. The molecule has 29 heavy (non-hydrogen) atoms. The smallest absolute Gasteiger partial charge is 0.423 e. The highest BCUT2D eigenvalue weighted by Crippen LogP contribution is 2.51. The summed E-state index contributed by atoms with van der Waals surface area (Å²) in [7, 11) is -1.47. The van der Waals surface area contributed by atoms with Crippen LogP contribution in [0.5, 0.6) is 0 Å². The SMILES string of the molecule is CC1(C)c2ccccc2N(C2=Cc3ccccc3CC2)c2ccc(B(O)O)cc21. The Morgan fingerprint density at radius 3 is 2.38 bits per heavy atom. The van der Waals surface area contributed by atoms with Crippen LogP contribution in [0.1, 0.15) is 42.5 Å². The molecular formula is C25H24BNO2. The molecule has 1 aliphatic heterocycles. The first-order chi connectivity index (χ1) is 14.0. The average Bonchev–Trinajstić information content (AvgIpc) is 2.73. The Hall–Kier alpha value is -2.82. The van der Waals surface area contributed by atoms with Gasteiger partial charge in [-0.05, 0) is 58.8 Å². The van der Waals surface area contributed by atoms with E-state index in [4.69, 9.17) is 0 Å². The normalized spacial score (nSPS) is 16.4. The number of hydrogen-bond donors (Lipinski definition) is 2. The summed E-state index contributed by atoms with van der Waals surface area (Å²) in [6, 6.07) is 22.9. The molecule has 3 aromatic carbocycles. The summed E-state index contributed by atoms with van der Waals surface area (Å²) in [5.74, 6) is 0. The van der Waals surface area contributed by atoms with Crippen LogP contribution in [0.2, 0.25) is 0 Å². The number of nitrogens with zero attached hydrogens (tertiary/aromatic N) is 1. The standard InChI is InChI=1S/C25H24BNO2/c1-25(2)21-9-5-6-10-23(21)27(24-14-12-19(26(28)29)16-22(24)25)20-13-11-17-7-3-4-8-18(17)15-20/h3-10,12,14-16,28-29H,11,13H2,1-2H3. The van der Waals surface area contributed by atoms with Crippen molar-refractivity contribution in [1.29, 1.82) is 0 Å². The van der Waals surface area contributed by atoms with Crippen LogP contribution in [-0.2, 0) is 11.8 Å². The predicted octanol–water partition coefficient (Wildman–Crippen LogP) is 4.13. The molecule has 0 saturated heterocycles. The third kappa shape index (κ3) is 2.83. The Morgan fingerprint density at radius 1 is 0.828 bits per heavy atom. The minimum absolute atomic E-state index is 0.236. The van der Waals surface area contributed by atoms with Gasteiger partial charge >= 0.3 is 7.12 Å². The zero-order valence-corrected chi connectivity index (χ0v) is 16.8. The zero-order valence-electron chi connectivity index (χ0n) is 16.8. The van der Waals surface area contributed by atoms with Crippen LogP contribution in [0.25, 0.3) is 6.08 Å². The summed E-state index contributed by atoms with van der Waals surface area (Å²) >= 11 is 0. The van der Waals surface area contributed by atoms with Gasteiger partial charge in [-0.25, -0.2) is 0 Å². The van der Waals surface area contributed by atoms with Crippen LogP contribution >= 0.6 is 0 Å². The van der Waals surface area contributed by atoms with Gasteiger partial charge in [0.15, 0.2) is 0 Å². The lowest BCUT2D eigenvalue weighted by molar-refractivity contribution is 0.425. The van der Waals surface area contributed by atoms with Crippen molar-refractivity contribution in [2.24, 2.45) is 0 Å². The topological polar surface area (TPSA) is 43.7 Å². The molecule has 5 rings (SSSR count). The maximum Gasteiger partial charge on any atom is 0.488 e. The molecule has 0 fully saturated rings. The van der Waals surface area contributed by atoms with Gasteiger partial charge in [-0.15, -0.1) is 0 Å². The first-order valence-electron chi connectivity index (χ1n) is 10.2. The zero-order chi connectivity index (χ0) is 20.2. The molecule has 3 aromatic rings. The van der Waals surface area contributed by atoms with Crippen molar-refractivity contribution in [2.45, 2.75) is 32.1 Å². The highest BCUT2D eigenvalue weighted by Gasteiger charge is 2.38. The predicted molar refractivity (Wildman–Crippen MR) is 120 cm³/mol. The second kappa shape index (κ2) is 6.62. The van der Waals surface area contributed by atoms with E-state index in [1.165, 1.54) is 28.1 Å². The molecule has 0 aromatic heterocycles. The molecule has 0 unspecified atom stereocenters. The Bertz CT molecular complexity index is 1130. The summed E-state index contributed by atoms with van der Waals surface area (Å²) < 4.78 is 0. The molecule has 0 atom stereocenters. The summed E-state index contributed by atoms with van der Waals surface area (Å²) in [6.45, 7) is 4.42. The number of anilines is 2. The fourth-order valence-electron chi connectivity index (χ4n) is 4.78. The molecule has 1 heterocycles. The molecule has 144 valence electrons.